The molecular weight excluding hydrogens is 400 g/mol. The number of carbonyl (C=O) groups excluding carboxylic acids is 5. The summed E-state index contributed by atoms with van der Waals surface area (Å²) >= 11 is 0. The Balaban J connectivity index is 1.95. The molecule has 1 aliphatic heterocycles. The second-order valence-electron chi connectivity index (χ2n) is 6.92. The van der Waals surface area contributed by atoms with Crippen LogP contribution in [0, 0.1) is 12.3 Å². The van der Waals surface area contributed by atoms with Gasteiger partial charge in [0.1, 0.15) is 18.4 Å². The Morgan fingerprint density at radius 3 is 2.58 bits per heavy atom. The number of terminal acetylenes is 1. The van der Waals surface area contributed by atoms with Gasteiger partial charge in [0.05, 0.1) is 6.54 Å². The number of amides is 4. The molecule has 4 amide bonds. The Morgan fingerprint density at radius 1 is 1.26 bits per heavy atom. The summed E-state index contributed by atoms with van der Waals surface area (Å²) in [6.45, 7) is 0.0469. The fourth-order valence-electron chi connectivity index (χ4n) is 3.21. The molecule has 0 saturated carbocycles. The van der Waals surface area contributed by atoms with Crippen LogP contribution in [0.3, 0.4) is 0 Å². The van der Waals surface area contributed by atoms with E-state index in [4.69, 9.17) is 12.2 Å². The molecule has 0 spiro atoms. The van der Waals surface area contributed by atoms with Crippen molar-refractivity contribution in [2.45, 2.75) is 31.3 Å². The molecule has 0 radical (unpaired) electrons. The molecule has 1 aromatic carbocycles. The minimum absolute atomic E-state index is 0.0519. The summed E-state index contributed by atoms with van der Waals surface area (Å²) in [5.41, 5.74) is 6.35. The van der Waals surface area contributed by atoms with Gasteiger partial charge >= 0.3 is 0 Å². The number of hydrogen-bond acceptors (Lipinski definition) is 5. The smallest absolute Gasteiger partial charge is 0.254 e. The number of benzene rings is 1. The first-order valence-electron chi connectivity index (χ1n) is 9.70. The number of aldehydes is 1. The van der Waals surface area contributed by atoms with Crippen LogP contribution in [0.25, 0.3) is 6.08 Å². The van der Waals surface area contributed by atoms with Gasteiger partial charge in [-0.25, -0.2) is 0 Å². The van der Waals surface area contributed by atoms with Gasteiger partial charge in [0.25, 0.3) is 5.91 Å². The number of rotatable bonds is 9. The van der Waals surface area contributed by atoms with Crippen LogP contribution < -0.4 is 16.4 Å². The second kappa shape index (κ2) is 11.3. The number of nitrogens with zero attached hydrogens (tertiary/aromatic N) is 1. The van der Waals surface area contributed by atoms with Gasteiger partial charge < -0.3 is 21.3 Å². The largest absolute Gasteiger partial charge is 0.368 e. The molecule has 1 fully saturated rings. The van der Waals surface area contributed by atoms with Gasteiger partial charge in [0.2, 0.25) is 17.7 Å². The Labute approximate surface area is 180 Å². The highest BCUT2D eigenvalue weighted by molar-refractivity contribution is 5.98. The van der Waals surface area contributed by atoms with Crippen molar-refractivity contribution in [3.63, 3.8) is 0 Å². The first-order valence-corrected chi connectivity index (χ1v) is 9.70. The molecule has 1 saturated heterocycles. The topological polar surface area (TPSA) is 139 Å². The molecule has 0 aliphatic carbocycles. The zero-order valence-corrected chi connectivity index (χ0v) is 16.9. The Kier molecular flexibility index (Phi) is 8.52. The summed E-state index contributed by atoms with van der Waals surface area (Å²) < 4.78 is 0. The SMILES string of the molecule is C#CC[C@H](NC(=O)CNC(=O)[C@@H]1CCCN1C(=O)c1ccc(/C=C/C=O)cc1)C(N)=O. The summed E-state index contributed by atoms with van der Waals surface area (Å²) in [6, 6.07) is 4.95. The van der Waals surface area contributed by atoms with Crippen molar-refractivity contribution in [3.05, 3.63) is 41.5 Å². The van der Waals surface area contributed by atoms with E-state index in [1.54, 1.807) is 30.3 Å². The van der Waals surface area contributed by atoms with Crippen molar-refractivity contribution >= 4 is 36.0 Å². The van der Waals surface area contributed by atoms with Crippen LogP contribution in [-0.2, 0) is 19.2 Å². The molecule has 2 atom stereocenters. The highest BCUT2D eigenvalue weighted by Crippen LogP contribution is 2.21. The number of likely N-dealkylation sites (tertiary alicyclic amines) is 1. The molecule has 0 unspecified atom stereocenters. The normalized spacial score (nSPS) is 16.4. The maximum atomic E-state index is 12.8. The monoisotopic (exact) mass is 424 g/mol. The number of nitrogens with one attached hydrogen (secondary N) is 2. The average Bonchev–Trinajstić information content (AvgIpc) is 3.25. The van der Waals surface area contributed by atoms with Crippen LogP contribution in [0.4, 0.5) is 0 Å². The van der Waals surface area contributed by atoms with Gasteiger partial charge in [-0.2, -0.15) is 0 Å². The molecule has 1 aromatic rings. The van der Waals surface area contributed by atoms with Gasteiger partial charge in [-0.1, -0.05) is 18.2 Å². The van der Waals surface area contributed by atoms with Crippen molar-refractivity contribution < 1.29 is 24.0 Å². The van der Waals surface area contributed by atoms with Crippen LogP contribution in [0.2, 0.25) is 0 Å². The molecule has 4 N–H and O–H groups in total. The summed E-state index contributed by atoms with van der Waals surface area (Å²) in [4.78, 5) is 60.5. The fraction of sp³-hybridized carbons (Fsp3) is 0.318. The molecular formula is C22H24N4O5. The maximum Gasteiger partial charge on any atom is 0.254 e. The Hall–Kier alpha value is -3.93. The van der Waals surface area contributed by atoms with Crippen molar-refractivity contribution in [1.82, 2.24) is 15.5 Å². The van der Waals surface area contributed by atoms with Gasteiger partial charge in [-0.3, -0.25) is 24.0 Å². The van der Waals surface area contributed by atoms with Crippen LogP contribution in [-0.4, -0.2) is 60.0 Å². The molecule has 162 valence electrons. The quantitative estimate of drug-likeness (QED) is 0.282. The number of nitrogens with two attached hydrogens (primary N) is 1. The molecule has 1 aliphatic rings. The number of carbonyl (C=O) groups is 5. The lowest BCUT2D eigenvalue weighted by Crippen LogP contribution is -2.51. The summed E-state index contributed by atoms with van der Waals surface area (Å²) in [7, 11) is 0. The van der Waals surface area contributed by atoms with E-state index in [2.05, 4.69) is 16.6 Å². The van der Waals surface area contributed by atoms with Crippen molar-refractivity contribution in [2.24, 2.45) is 5.73 Å². The first-order chi connectivity index (χ1) is 14.9. The third kappa shape index (κ3) is 6.54. The van der Waals surface area contributed by atoms with E-state index < -0.39 is 29.8 Å². The Morgan fingerprint density at radius 2 is 1.97 bits per heavy atom. The van der Waals surface area contributed by atoms with Gasteiger partial charge in [-0.15, -0.1) is 12.3 Å². The minimum atomic E-state index is -1.01. The van der Waals surface area contributed by atoms with E-state index >= 15 is 0 Å². The summed E-state index contributed by atoms with van der Waals surface area (Å²) in [6.07, 6.45) is 9.84. The lowest BCUT2D eigenvalue weighted by atomic mass is 10.1. The Bertz CT molecular complexity index is 917. The van der Waals surface area contributed by atoms with Crippen LogP contribution in [0.1, 0.15) is 35.2 Å². The van der Waals surface area contributed by atoms with Crippen molar-refractivity contribution in [1.29, 1.82) is 0 Å². The minimum Gasteiger partial charge on any atom is -0.368 e. The first kappa shape index (κ1) is 23.3. The lowest BCUT2D eigenvalue weighted by molar-refractivity contribution is -0.129. The van der Waals surface area contributed by atoms with E-state index in [1.807, 2.05) is 0 Å². The molecule has 9 nitrogen and oxygen atoms in total. The molecule has 9 heteroatoms. The van der Waals surface area contributed by atoms with Crippen LogP contribution >= 0.6 is 0 Å². The molecule has 31 heavy (non-hydrogen) atoms. The van der Waals surface area contributed by atoms with Crippen molar-refractivity contribution in [3.8, 4) is 12.3 Å². The van der Waals surface area contributed by atoms with E-state index in [9.17, 15) is 24.0 Å². The van der Waals surface area contributed by atoms with Crippen LogP contribution in [0.5, 0.6) is 0 Å². The highest BCUT2D eigenvalue weighted by Gasteiger charge is 2.34. The zero-order chi connectivity index (χ0) is 22.8. The average molecular weight is 424 g/mol. The van der Waals surface area contributed by atoms with E-state index in [0.717, 1.165) is 5.56 Å². The molecule has 2 rings (SSSR count). The van der Waals surface area contributed by atoms with E-state index in [0.29, 0.717) is 31.2 Å². The van der Waals surface area contributed by atoms with E-state index in [-0.39, 0.29) is 18.9 Å². The van der Waals surface area contributed by atoms with Crippen molar-refractivity contribution in [2.75, 3.05) is 13.1 Å². The fourth-order valence-corrected chi connectivity index (χ4v) is 3.21. The molecule has 1 heterocycles. The van der Waals surface area contributed by atoms with Gasteiger partial charge in [0.15, 0.2) is 0 Å². The summed E-state index contributed by atoms with van der Waals surface area (Å²) in [5, 5.41) is 4.85. The number of allylic oxidation sites excluding steroid dienone is 1. The zero-order valence-electron chi connectivity index (χ0n) is 16.9. The third-order valence-corrected chi connectivity index (χ3v) is 4.77. The van der Waals surface area contributed by atoms with Crippen LogP contribution in [0.15, 0.2) is 30.3 Å². The number of primary amides is 1. The lowest BCUT2D eigenvalue weighted by Gasteiger charge is -2.24. The number of hydrogen-bond donors (Lipinski definition) is 3. The summed E-state index contributed by atoms with van der Waals surface area (Å²) in [5.74, 6) is 0.116. The highest BCUT2D eigenvalue weighted by atomic mass is 16.2. The standard InChI is InChI=1S/C22H24N4O5/c1-2-5-17(20(23)29)25-19(28)14-24-21(30)18-7-3-12-26(18)22(31)16-10-8-15(9-11-16)6-4-13-27/h1,4,6,8-11,13,17-18H,3,5,7,12,14H2,(H2,23,29)(H,24,30)(H,25,28)/b6-4+/t17-,18-/m0/s1. The third-order valence-electron chi connectivity index (χ3n) is 4.77. The van der Waals surface area contributed by atoms with Gasteiger partial charge in [-0.05, 0) is 36.6 Å². The second-order valence-corrected chi connectivity index (χ2v) is 6.92. The predicted octanol–water partition coefficient (Wildman–Crippen LogP) is -0.387. The molecule has 0 aromatic heterocycles. The maximum absolute atomic E-state index is 12.8. The van der Waals surface area contributed by atoms with E-state index in [1.165, 1.54) is 11.0 Å². The van der Waals surface area contributed by atoms with Gasteiger partial charge in [0, 0.05) is 18.5 Å². The predicted molar refractivity (Wildman–Crippen MR) is 113 cm³/mol. The molecule has 0 bridgehead atoms.